The molecule has 0 atom stereocenters. The molecule has 1 fully saturated rings. The van der Waals surface area contributed by atoms with Crippen LogP contribution in [0.2, 0.25) is 0 Å². The average molecular weight is 421 g/mol. The van der Waals surface area contributed by atoms with Crippen molar-refractivity contribution >= 4 is 16.9 Å². The van der Waals surface area contributed by atoms with Gasteiger partial charge in [0.1, 0.15) is 16.7 Å². The summed E-state index contributed by atoms with van der Waals surface area (Å²) >= 11 is 0. The predicted molar refractivity (Wildman–Crippen MR) is 120 cm³/mol. The van der Waals surface area contributed by atoms with E-state index in [1.54, 1.807) is 18.2 Å². The lowest BCUT2D eigenvalue weighted by Gasteiger charge is -2.32. The van der Waals surface area contributed by atoms with E-state index >= 15 is 0 Å². The summed E-state index contributed by atoms with van der Waals surface area (Å²) in [6.07, 6.45) is 3.19. The van der Waals surface area contributed by atoms with Gasteiger partial charge in [0, 0.05) is 19.2 Å². The van der Waals surface area contributed by atoms with E-state index in [2.05, 4.69) is 34.5 Å². The van der Waals surface area contributed by atoms with Gasteiger partial charge in [0.05, 0.1) is 7.11 Å². The number of ether oxygens (including phenoxy) is 1. The summed E-state index contributed by atoms with van der Waals surface area (Å²) in [5.74, 6) is 0.712. The minimum absolute atomic E-state index is 0.0310. The Morgan fingerprint density at radius 1 is 1.13 bits per heavy atom. The molecule has 2 aromatic carbocycles. The van der Waals surface area contributed by atoms with Crippen molar-refractivity contribution in [1.29, 1.82) is 0 Å². The van der Waals surface area contributed by atoms with E-state index in [0.29, 0.717) is 29.2 Å². The minimum Gasteiger partial charge on any atom is -0.496 e. The van der Waals surface area contributed by atoms with Crippen molar-refractivity contribution < 1.29 is 13.9 Å². The molecule has 0 saturated carbocycles. The lowest BCUT2D eigenvalue weighted by molar-refractivity contribution is 0.0920. The van der Waals surface area contributed by atoms with Crippen LogP contribution in [0.5, 0.6) is 5.75 Å². The molecule has 4 rings (SSSR count). The molecule has 6 heteroatoms. The third-order valence-corrected chi connectivity index (χ3v) is 5.95. The topological polar surface area (TPSA) is 71.8 Å². The van der Waals surface area contributed by atoms with Crippen LogP contribution in [0.25, 0.3) is 11.0 Å². The molecule has 162 valence electrons. The van der Waals surface area contributed by atoms with Gasteiger partial charge in [0.2, 0.25) is 0 Å². The van der Waals surface area contributed by atoms with Gasteiger partial charge in [-0.3, -0.25) is 14.5 Å². The molecule has 1 amide bonds. The van der Waals surface area contributed by atoms with Crippen LogP contribution in [0.15, 0.2) is 63.8 Å². The van der Waals surface area contributed by atoms with E-state index in [0.717, 1.165) is 38.9 Å². The highest BCUT2D eigenvalue weighted by Gasteiger charge is 2.20. The van der Waals surface area contributed by atoms with Gasteiger partial charge in [0.15, 0.2) is 11.2 Å². The van der Waals surface area contributed by atoms with E-state index in [9.17, 15) is 9.59 Å². The molecular formula is C25H28N2O4. The van der Waals surface area contributed by atoms with Crippen molar-refractivity contribution in [2.24, 2.45) is 5.92 Å². The molecule has 0 unspecified atom stereocenters. The number of amides is 1. The van der Waals surface area contributed by atoms with E-state index < -0.39 is 0 Å². The zero-order valence-corrected chi connectivity index (χ0v) is 17.8. The van der Waals surface area contributed by atoms with Crippen LogP contribution < -0.4 is 15.5 Å². The van der Waals surface area contributed by atoms with Gasteiger partial charge < -0.3 is 14.5 Å². The normalized spacial score (nSPS) is 15.1. The number of nitrogens with zero attached hydrogens (tertiary/aromatic N) is 1. The Kier molecular flexibility index (Phi) is 6.67. The van der Waals surface area contributed by atoms with Crippen molar-refractivity contribution in [1.82, 2.24) is 10.2 Å². The maximum absolute atomic E-state index is 12.5. The van der Waals surface area contributed by atoms with Crippen molar-refractivity contribution in [3.8, 4) is 5.75 Å². The molecule has 0 radical (unpaired) electrons. The first-order valence-corrected chi connectivity index (χ1v) is 10.8. The molecule has 1 saturated heterocycles. The van der Waals surface area contributed by atoms with Gasteiger partial charge >= 0.3 is 0 Å². The standard InChI is InChI=1S/C25H28N2O4/c1-30-21-8-5-9-22-24(21)20(28)16-23(31-22)25(29)26-13-10-18-11-14-27(15-12-18)17-19-6-3-2-4-7-19/h2-9,16,18H,10-15,17H2,1H3,(H,26,29). The zero-order valence-electron chi connectivity index (χ0n) is 17.8. The fourth-order valence-corrected chi connectivity index (χ4v) is 4.21. The van der Waals surface area contributed by atoms with Crippen LogP contribution in [0, 0.1) is 5.92 Å². The number of carbonyl (C=O) groups is 1. The second kappa shape index (κ2) is 9.79. The van der Waals surface area contributed by atoms with Gasteiger partial charge in [-0.1, -0.05) is 36.4 Å². The Hall–Kier alpha value is -3.12. The third kappa shape index (κ3) is 5.14. The highest BCUT2D eigenvalue weighted by atomic mass is 16.5. The molecule has 1 aliphatic heterocycles. The average Bonchev–Trinajstić information content (AvgIpc) is 2.80. The molecule has 3 aromatic rings. The number of methoxy groups -OCH3 is 1. The summed E-state index contributed by atoms with van der Waals surface area (Å²) in [7, 11) is 1.50. The fourth-order valence-electron chi connectivity index (χ4n) is 4.21. The van der Waals surface area contributed by atoms with Crippen molar-refractivity contribution in [2.45, 2.75) is 25.8 Å². The number of nitrogens with one attached hydrogen (secondary N) is 1. The Balaban J connectivity index is 1.27. The van der Waals surface area contributed by atoms with Crippen LogP contribution in [-0.4, -0.2) is 37.6 Å². The lowest BCUT2D eigenvalue weighted by Crippen LogP contribution is -2.35. The Bertz CT molecular complexity index is 1090. The molecule has 0 spiro atoms. The summed E-state index contributed by atoms with van der Waals surface area (Å²) in [5, 5.41) is 3.25. The van der Waals surface area contributed by atoms with Crippen LogP contribution in [-0.2, 0) is 6.54 Å². The van der Waals surface area contributed by atoms with Crippen LogP contribution >= 0.6 is 0 Å². The molecular weight excluding hydrogens is 392 g/mol. The highest BCUT2D eigenvalue weighted by Crippen LogP contribution is 2.23. The summed E-state index contributed by atoms with van der Waals surface area (Å²) in [6.45, 7) is 3.72. The van der Waals surface area contributed by atoms with E-state index in [-0.39, 0.29) is 17.1 Å². The molecule has 1 aliphatic rings. The maximum Gasteiger partial charge on any atom is 0.287 e. The summed E-state index contributed by atoms with van der Waals surface area (Å²) in [4.78, 5) is 27.4. The highest BCUT2D eigenvalue weighted by molar-refractivity contribution is 5.94. The summed E-state index contributed by atoms with van der Waals surface area (Å²) in [6, 6.07) is 16.9. The number of piperidine rings is 1. The largest absolute Gasteiger partial charge is 0.496 e. The number of likely N-dealkylation sites (tertiary alicyclic amines) is 1. The number of hydrogen-bond donors (Lipinski definition) is 1. The van der Waals surface area contributed by atoms with Gasteiger partial charge in [-0.15, -0.1) is 0 Å². The van der Waals surface area contributed by atoms with E-state index in [1.807, 2.05) is 6.07 Å². The number of hydrogen-bond acceptors (Lipinski definition) is 5. The Labute approximate surface area is 181 Å². The molecule has 2 heterocycles. The van der Waals surface area contributed by atoms with Gasteiger partial charge in [-0.05, 0) is 56.0 Å². The minimum atomic E-state index is -0.358. The van der Waals surface area contributed by atoms with E-state index in [1.165, 1.54) is 18.7 Å². The fraction of sp³-hybridized carbons (Fsp3) is 0.360. The van der Waals surface area contributed by atoms with Gasteiger partial charge in [0.25, 0.3) is 5.91 Å². The van der Waals surface area contributed by atoms with Gasteiger partial charge in [-0.25, -0.2) is 0 Å². The lowest BCUT2D eigenvalue weighted by atomic mass is 9.93. The predicted octanol–water partition coefficient (Wildman–Crippen LogP) is 3.83. The second-order valence-corrected chi connectivity index (χ2v) is 8.06. The van der Waals surface area contributed by atoms with Crippen LogP contribution in [0.4, 0.5) is 0 Å². The van der Waals surface area contributed by atoms with Crippen molar-refractivity contribution in [3.63, 3.8) is 0 Å². The SMILES string of the molecule is COc1cccc2oc(C(=O)NCCC3CCN(Cc4ccccc4)CC3)cc(=O)c12. The molecule has 31 heavy (non-hydrogen) atoms. The summed E-state index contributed by atoms with van der Waals surface area (Å²) in [5.41, 5.74) is 1.42. The Morgan fingerprint density at radius 3 is 2.65 bits per heavy atom. The molecule has 6 nitrogen and oxygen atoms in total. The van der Waals surface area contributed by atoms with E-state index in [4.69, 9.17) is 9.15 Å². The Morgan fingerprint density at radius 2 is 1.90 bits per heavy atom. The first-order chi connectivity index (χ1) is 15.1. The number of carbonyl (C=O) groups excluding carboxylic acids is 1. The second-order valence-electron chi connectivity index (χ2n) is 8.06. The molecule has 0 bridgehead atoms. The molecule has 0 aliphatic carbocycles. The first-order valence-electron chi connectivity index (χ1n) is 10.8. The number of rotatable bonds is 7. The van der Waals surface area contributed by atoms with Crippen LogP contribution in [0.1, 0.15) is 35.4 Å². The monoisotopic (exact) mass is 420 g/mol. The first kappa shape index (κ1) is 21.1. The zero-order chi connectivity index (χ0) is 21.6. The van der Waals surface area contributed by atoms with Crippen LogP contribution in [0.3, 0.4) is 0 Å². The third-order valence-electron chi connectivity index (χ3n) is 5.95. The number of fused-ring (bicyclic) bond motifs is 1. The molecule has 1 aromatic heterocycles. The number of benzene rings is 2. The van der Waals surface area contributed by atoms with Gasteiger partial charge in [-0.2, -0.15) is 0 Å². The summed E-state index contributed by atoms with van der Waals surface area (Å²) < 4.78 is 10.9. The quantitative estimate of drug-likeness (QED) is 0.629. The smallest absolute Gasteiger partial charge is 0.287 e. The molecule has 1 N–H and O–H groups in total. The van der Waals surface area contributed by atoms with Crippen molar-refractivity contribution in [2.75, 3.05) is 26.7 Å². The van der Waals surface area contributed by atoms with Crippen molar-refractivity contribution in [3.05, 3.63) is 76.1 Å². The maximum atomic E-state index is 12.5.